The van der Waals surface area contributed by atoms with Crippen LogP contribution in [0.2, 0.25) is 0 Å². The predicted molar refractivity (Wildman–Crippen MR) is 85.1 cm³/mol. The summed E-state index contributed by atoms with van der Waals surface area (Å²) in [7, 11) is 1.54. The maximum absolute atomic E-state index is 12.9. The molecule has 1 N–H and O–H groups in total. The fourth-order valence-electron chi connectivity index (χ4n) is 2.61. The fraction of sp³-hybridized carbons (Fsp3) is 0.176. The number of nitrogens with zero attached hydrogens (tertiary/aromatic N) is 2. The number of rotatable bonds is 2. The van der Waals surface area contributed by atoms with Gasteiger partial charge in [-0.1, -0.05) is 0 Å². The molecule has 2 heterocycles. The Balaban J connectivity index is 1.99. The molecule has 10 heteroatoms. The number of halogens is 6. The van der Waals surface area contributed by atoms with E-state index in [1.165, 1.54) is 16.8 Å². The molecule has 4 nitrogen and oxygen atoms in total. The second kappa shape index (κ2) is 6.29. The van der Waals surface area contributed by atoms with E-state index < -0.39 is 29.5 Å². The summed E-state index contributed by atoms with van der Waals surface area (Å²) in [6, 6.07) is 4.74. The van der Waals surface area contributed by atoms with Crippen molar-refractivity contribution in [2.24, 2.45) is 7.05 Å². The first kappa shape index (κ1) is 18.7. The molecule has 1 aromatic carbocycles. The highest BCUT2D eigenvalue weighted by molar-refractivity contribution is 6.13. The van der Waals surface area contributed by atoms with Gasteiger partial charge < -0.3 is 9.88 Å². The molecule has 0 radical (unpaired) electrons. The van der Waals surface area contributed by atoms with Crippen LogP contribution in [0, 0.1) is 0 Å². The number of pyridine rings is 1. The van der Waals surface area contributed by atoms with E-state index in [-0.39, 0.29) is 16.6 Å². The normalized spacial score (nSPS) is 12.4. The van der Waals surface area contributed by atoms with Crippen LogP contribution in [-0.2, 0) is 19.4 Å². The zero-order valence-corrected chi connectivity index (χ0v) is 13.6. The molecular formula is C17H11F6N3O. The summed E-state index contributed by atoms with van der Waals surface area (Å²) in [5.41, 5.74) is -2.02. The van der Waals surface area contributed by atoms with Crippen LogP contribution in [0.25, 0.3) is 10.9 Å². The molecule has 0 bridgehead atoms. The molecule has 3 aromatic rings. The number of aromatic nitrogens is 2. The van der Waals surface area contributed by atoms with Crippen molar-refractivity contribution >= 4 is 22.5 Å². The Kier molecular flexibility index (Phi) is 4.37. The van der Waals surface area contributed by atoms with E-state index in [0.29, 0.717) is 11.6 Å². The maximum Gasteiger partial charge on any atom is 0.433 e. The van der Waals surface area contributed by atoms with Crippen LogP contribution >= 0.6 is 0 Å². The van der Waals surface area contributed by atoms with Gasteiger partial charge in [0.1, 0.15) is 5.69 Å². The first-order valence-electron chi connectivity index (χ1n) is 7.47. The Morgan fingerprint density at radius 1 is 1.04 bits per heavy atom. The molecule has 0 aliphatic carbocycles. The third-order valence-corrected chi connectivity index (χ3v) is 3.87. The molecule has 0 aliphatic rings. The highest BCUT2D eigenvalue weighted by atomic mass is 19.4. The lowest BCUT2D eigenvalue weighted by atomic mass is 10.1. The van der Waals surface area contributed by atoms with Crippen LogP contribution in [0.1, 0.15) is 21.6 Å². The molecule has 142 valence electrons. The molecule has 0 saturated carbocycles. The number of hydrogen-bond donors (Lipinski definition) is 1. The molecule has 0 saturated heterocycles. The minimum Gasteiger partial charge on any atom is -0.350 e. The van der Waals surface area contributed by atoms with Crippen molar-refractivity contribution in [3.05, 3.63) is 59.5 Å². The number of anilines is 1. The van der Waals surface area contributed by atoms with Crippen molar-refractivity contribution in [2.45, 2.75) is 12.4 Å². The summed E-state index contributed by atoms with van der Waals surface area (Å²) in [6.45, 7) is 0. The average molecular weight is 387 g/mol. The van der Waals surface area contributed by atoms with E-state index in [0.717, 1.165) is 24.4 Å². The van der Waals surface area contributed by atoms with Gasteiger partial charge in [0.25, 0.3) is 5.91 Å². The van der Waals surface area contributed by atoms with Crippen LogP contribution in [0.5, 0.6) is 0 Å². The molecule has 3 rings (SSSR count). The lowest BCUT2D eigenvalue weighted by Gasteiger charge is -2.09. The summed E-state index contributed by atoms with van der Waals surface area (Å²) < 4.78 is 78.4. The molecule has 0 aliphatic heterocycles. The van der Waals surface area contributed by atoms with Gasteiger partial charge in [-0.25, -0.2) is 0 Å². The van der Waals surface area contributed by atoms with E-state index in [2.05, 4.69) is 10.3 Å². The first-order valence-corrected chi connectivity index (χ1v) is 7.47. The Morgan fingerprint density at radius 3 is 2.37 bits per heavy atom. The minimum atomic E-state index is -4.69. The van der Waals surface area contributed by atoms with Crippen molar-refractivity contribution < 1.29 is 31.1 Å². The van der Waals surface area contributed by atoms with Gasteiger partial charge in [0.15, 0.2) is 0 Å². The summed E-state index contributed by atoms with van der Waals surface area (Å²) in [5, 5.41) is 2.30. The summed E-state index contributed by atoms with van der Waals surface area (Å²) in [6.07, 6.45) is -7.10. The van der Waals surface area contributed by atoms with Crippen molar-refractivity contribution in [3.63, 3.8) is 0 Å². The Morgan fingerprint density at radius 2 is 1.74 bits per heavy atom. The van der Waals surface area contributed by atoms with Gasteiger partial charge in [-0.15, -0.1) is 0 Å². The van der Waals surface area contributed by atoms with E-state index in [1.807, 2.05) is 0 Å². The van der Waals surface area contributed by atoms with Crippen molar-refractivity contribution in [3.8, 4) is 0 Å². The number of fused-ring (bicyclic) bond motifs is 1. The smallest absolute Gasteiger partial charge is 0.350 e. The van der Waals surface area contributed by atoms with Crippen molar-refractivity contribution in [1.82, 2.24) is 9.55 Å². The highest BCUT2D eigenvalue weighted by Gasteiger charge is 2.33. The average Bonchev–Trinajstić information content (AvgIpc) is 2.90. The van der Waals surface area contributed by atoms with Gasteiger partial charge >= 0.3 is 12.4 Å². The molecule has 0 spiro atoms. The van der Waals surface area contributed by atoms with Gasteiger partial charge in [0.05, 0.1) is 11.1 Å². The van der Waals surface area contributed by atoms with Crippen LogP contribution in [-0.4, -0.2) is 15.5 Å². The monoisotopic (exact) mass is 387 g/mol. The topological polar surface area (TPSA) is 46.9 Å². The van der Waals surface area contributed by atoms with E-state index >= 15 is 0 Å². The molecule has 2 aromatic heterocycles. The lowest BCUT2D eigenvalue weighted by molar-refractivity contribution is -0.141. The molecule has 27 heavy (non-hydrogen) atoms. The van der Waals surface area contributed by atoms with Crippen molar-refractivity contribution in [2.75, 3.05) is 5.32 Å². The van der Waals surface area contributed by atoms with Crippen LogP contribution in [0.15, 0.2) is 42.7 Å². The SMILES string of the molecule is Cn1cc(C(=O)Nc2ccnc(C(F)(F)F)c2)c2cc(C(F)(F)F)ccc21. The quantitative estimate of drug-likeness (QED) is 0.639. The fourth-order valence-corrected chi connectivity index (χ4v) is 2.61. The number of hydrogen-bond acceptors (Lipinski definition) is 2. The third kappa shape index (κ3) is 3.74. The number of carbonyl (C=O) groups is 1. The number of amides is 1. The highest BCUT2D eigenvalue weighted by Crippen LogP contribution is 2.33. The molecule has 0 fully saturated rings. The van der Waals surface area contributed by atoms with E-state index in [1.54, 1.807) is 7.05 Å². The predicted octanol–water partition coefficient (Wildman–Crippen LogP) is 4.86. The van der Waals surface area contributed by atoms with Gasteiger partial charge in [0, 0.05) is 36.0 Å². The zero-order valence-electron chi connectivity index (χ0n) is 13.6. The summed E-state index contributed by atoms with van der Waals surface area (Å²) in [4.78, 5) is 15.6. The van der Waals surface area contributed by atoms with Gasteiger partial charge in [0.2, 0.25) is 0 Å². The number of alkyl halides is 6. The lowest BCUT2D eigenvalue weighted by Crippen LogP contribution is -2.14. The summed E-state index contributed by atoms with van der Waals surface area (Å²) >= 11 is 0. The Hall–Kier alpha value is -3.04. The third-order valence-electron chi connectivity index (χ3n) is 3.87. The molecule has 0 unspecified atom stereocenters. The van der Waals surface area contributed by atoms with Crippen LogP contribution in [0.4, 0.5) is 32.0 Å². The standard InChI is InChI=1S/C17H11F6N3O/c1-26-8-12(11-6-9(16(18,19)20)2-3-13(11)26)15(27)25-10-4-5-24-14(7-10)17(21,22)23/h2-8H,1H3,(H,24,25,27). The molecular weight excluding hydrogens is 376 g/mol. The number of benzene rings is 1. The van der Waals surface area contributed by atoms with Gasteiger partial charge in [-0.05, 0) is 30.3 Å². The second-order valence-electron chi connectivity index (χ2n) is 5.77. The molecule has 1 amide bonds. The maximum atomic E-state index is 12.9. The number of aryl methyl sites for hydroxylation is 1. The largest absolute Gasteiger partial charge is 0.433 e. The Labute approximate surface area is 148 Å². The van der Waals surface area contributed by atoms with E-state index in [4.69, 9.17) is 0 Å². The minimum absolute atomic E-state index is 0.0370. The van der Waals surface area contributed by atoms with Gasteiger partial charge in [-0.2, -0.15) is 26.3 Å². The first-order chi connectivity index (χ1) is 12.5. The number of carbonyl (C=O) groups excluding carboxylic acids is 1. The molecule has 0 atom stereocenters. The van der Waals surface area contributed by atoms with Crippen molar-refractivity contribution in [1.29, 1.82) is 0 Å². The summed E-state index contributed by atoms with van der Waals surface area (Å²) in [5.74, 6) is -0.834. The number of nitrogens with one attached hydrogen (secondary N) is 1. The zero-order chi connectivity index (χ0) is 20.0. The second-order valence-corrected chi connectivity index (χ2v) is 5.77. The Bertz CT molecular complexity index is 1020. The van der Waals surface area contributed by atoms with Crippen LogP contribution < -0.4 is 5.32 Å². The van der Waals surface area contributed by atoms with E-state index in [9.17, 15) is 31.1 Å². The van der Waals surface area contributed by atoms with Crippen LogP contribution in [0.3, 0.4) is 0 Å². The van der Waals surface area contributed by atoms with Gasteiger partial charge in [-0.3, -0.25) is 9.78 Å².